The van der Waals surface area contributed by atoms with Crippen LogP contribution >= 0.6 is 0 Å². The molecular weight excluding hydrogens is 622 g/mol. The Morgan fingerprint density at radius 1 is 0.440 bits per heavy atom. The Hall–Kier alpha value is -6.85. The average Bonchev–Trinajstić information content (AvgIpc) is 4.00. The van der Waals surface area contributed by atoms with Gasteiger partial charge in [0.25, 0.3) is 0 Å². The zero-order valence-electron chi connectivity index (χ0n) is 27.6. The maximum Gasteiger partial charge on any atom is 0.118 e. The molecule has 3 aromatic carbocycles. The van der Waals surface area contributed by atoms with Crippen LogP contribution in [-0.2, 0) is 0 Å². The summed E-state index contributed by atoms with van der Waals surface area (Å²) in [6, 6.07) is 34.3. The summed E-state index contributed by atoms with van der Waals surface area (Å²) in [7, 11) is 4.97. The van der Waals surface area contributed by atoms with E-state index >= 15 is 0 Å². The molecule has 2 aliphatic heterocycles. The number of methoxy groups -OCH3 is 3. The van der Waals surface area contributed by atoms with Gasteiger partial charge < -0.3 is 24.2 Å². The normalized spacial score (nSPS) is 11.7. The summed E-state index contributed by atoms with van der Waals surface area (Å²) >= 11 is 0. The number of nitrogens with one attached hydrogen (secondary N) is 2. The molecule has 2 N–H and O–H groups in total. The van der Waals surface area contributed by atoms with Crippen molar-refractivity contribution in [3.63, 3.8) is 0 Å². The van der Waals surface area contributed by atoms with Crippen LogP contribution in [0.4, 0.5) is 0 Å². The molecule has 0 fully saturated rings. The van der Waals surface area contributed by atoms with E-state index in [2.05, 4.69) is 28.2 Å². The minimum absolute atomic E-state index is 0.441. The van der Waals surface area contributed by atoms with E-state index in [0.29, 0.717) is 16.8 Å². The smallest absolute Gasteiger partial charge is 0.118 e. The third-order valence-corrected chi connectivity index (χ3v) is 9.00. The van der Waals surface area contributed by atoms with Crippen LogP contribution in [0, 0.1) is 11.3 Å². The lowest BCUT2D eigenvalue weighted by atomic mass is 10.0. The number of benzene rings is 3. The molecule has 0 saturated carbocycles. The Balaban J connectivity index is 1.52. The minimum atomic E-state index is 0.441. The lowest BCUT2D eigenvalue weighted by Crippen LogP contribution is -1.90. The van der Waals surface area contributed by atoms with E-state index in [1.807, 2.05) is 109 Å². The molecule has 2 aliphatic rings. The number of ether oxygens (including phenoxy) is 3. The molecule has 0 atom stereocenters. The number of aromatic amines is 2. The molecule has 5 heterocycles. The quantitative estimate of drug-likeness (QED) is 0.185. The molecule has 0 amide bonds. The van der Waals surface area contributed by atoms with Gasteiger partial charge in [0.15, 0.2) is 0 Å². The molecule has 242 valence electrons. The maximum atomic E-state index is 10.4. The van der Waals surface area contributed by atoms with Crippen LogP contribution in [0.3, 0.4) is 0 Å². The first-order valence-electron chi connectivity index (χ1n) is 16.1. The van der Waals surface area contributed by atoms with Crippen LogP contribution in [0.1, 0.15) is 28.3 Å². The second kappa shape index (κ2) is 12.6. The zero-order valence-corrected chi connectivity index (χ0v) is 27.6. The molecule has 8 bridgehead atoms. The molecule has 3 aromatic heterocycles. The third kappa shape index (κ3) is 5.37. The minimum Gasteiger partial charge on any atom is -0.497 e. The van der Waals surface area contributed by atoms with Gasteiger partial charge in [-0.1, -0.05) is 36.4 Å². The second-order valence-electron chi connectivity index (χ2n) is 11.8. The highest BCUT2D eigenvalue weighted by molar-refractivity contribution is 5.98. The molecule has 8 nitrogen and oxygen atoms in total. The van der Waals surface area contributed by atoms with Crippen molar-refractivity contribution in [2.45, 2.75) is 0 Å². The van der Waals surface area contributed by atoms with Gasteiger partial charge in [-0.2, -0.15) is 5.26 Å². The van der Waals surface area contributed by atoms with Crippen molar-refractivity contribution < 1.29 is 14.2 Å². The van der Waals surface area contributed by atoms with E-state index in [1.165, 1.54) is 0 Å². The van der Waals surface area contributed by atoms with Gasteiger partial charge in [0.1, 0.15) is 28.9 Å². The largest absolute Gasteiger partial charge is 0.497 e. The molecule has 0 radical (unpaired) electrons. The average molecular weight is 654 g/mol. The van der Waals surface area contributed by atoms with Crippen LogP contribution in [-0.4, -0.2) is 41.3 Å². The van der Waals surface area contributed by atoms with E-state index in [0.717, 1.165) is 84.3 Å². The van der Waals surface area contributed by atoms with Crippen molar-refractivity contribution in [1.29, 1.82) is 5.26 Å². The highest BCUT2D eigenvalue weighted by Crippen LogP contribution is 2.37. The Labute approximate surface area is 288 Å². The number of fused-ring (bicyclic) bond motifs is 8. The molecule has 0 unspecified atom stereocenters. The van der Waals surface area contributed by atoms with Gasteiger partial charge in [-0.3, -0.25) is 0 Å². The zero-order chi connectivity index (χ0) is 34.2. The Bertz CT molecular complexity index is 2490. The van der Waals surface area contributed by atoms with Crippen molar-refractivity contribution in [2.24, 2.45) is 0 Å². The second-order valence-corrected chi connectivity index (χ2v) is 11.8. The fourth-order valence-corrected chi connectivity index (χ4v) is 6.51. The lowest BCUT2D eigenvalue weighted by molar-refractivity contribution is 0.415. The fraction of sp³-hybridized carbons (Fsp3) is 0.0714. The molecule has 50 heavy (non-hydrogen) atoms. The highest BCUT2D eigenvalue weighted by atomic mass is 16.5. The highest BCUT2D eigenvalue weighted by Gasteiger charge is 2.18. The van der Waals surface area contributed by atoms with Crippen molar-refractivity contribution >= 4 is 46.4 Å². The molecule has 0 spiro atoms. The first-order chi connectivity index (χ1) is 24.6. The summed E-state index contributed by atoms with van der Waals surface area (Å²) in [6.07, 6.45) is 7.94. The topological polar surface area (TPSA) is 109 Å². The predicted octanol–water partition coefficient (Wildman–Crippen LogP) is 9.55. The van der Waals surface area contributed by atoms with Gasteiger partial charge in [-0.15, -0.1) is 0 Å². The van der Waals surface area contributed by atoms with Gasteiger partial charge in [0, 0.05) is 33.2 Å². The van der Waals surface area contributed by atoms with Crippen LogP contribution in [0.2, 0.25) is 0 Å². The van der Waals surface area contributed by atoms with E-state index in [1.54, 1.807) is 21.3 Å². The van der Waals surface area contributed by atoms with Crippen molar-refractivity contribution in [3.8, 4) is 56.7 Å². The van der Waals surface area contributed by atoms with E-state index < -0.39 is 0 Å². The van der Waals surface area contributed by atoms with Crippen molar-refractivity contribution in [3.05, 3.63) is 125 Å². The Kier molecular flexibility index (Phi) is 7.70. The maximum absolute atomic E-state index is 10.4. The summed E-state index contributed by atoms with van der Waals surface area (Å²) in [6.45, 7) is 0. The molecule has 0 aliphatic carbocycles. The molecule has 0 saturated heterocycles. The van der Waals surface area contributed by atoms with Crippen LogP contribution in [0.5, 0.6) is 17.2 Å². The number of H-pyrrole nitrogens is 2. The first-order valence-corrected chi connectivity index (χ1v) is 16.1. The van der Waals surface area contributed by atoms with Crippen LogP contribution in [0.25, 0.3) is 79.8 Å². The summed E-state index contributed by atoms with van der Waals surface area (Å²) in [4.78, 5) is 17.6. The number of nitrogens with zero attached hydrogens (tertiary/aromatic N) is 3. The molecular formula is C42H31N5O3. The lowest BCUT2D eigenvalue weighted by Gasteiger charge is -2.07. The van der Waals surface area contributed by atoms with Gasteiger partial charge >= 0.3 is 0 Å². The predicted molar refractivity (Wildman–Crippen MR) is 200 cm³/mol. The Morgan fingerprint density at radius 3 is 1.12 bits per heavy atom. The van der Waals surface area contributed by atoms with E-state index in [-0.39, 0.29) is 0 Å². The SMILES string of the molecule is COc1ccc(-c2c3nc(c(-c4ccc(OC)cc4)c4ccc([nH]4)c(-c4ccc(OC)cc4)c4nc(c(C#N)c5ccc2[nH]5)C=C4)C=C3)cc1. The van der Waals surface area contributed by atoms with Crippen LogP contribution < -0.4 is 14.2 Å². The summed E-state index contributed by atoms with van der Waals surface area (Å²) in [5, 5.41) is 10.4. The number of hydrogen-bond donors (Lipinski definition) is 2. The van der Waals surface area contributed by atoms with Gasteiger partial charge in [-0.05, 0) is 102 Å². The summed E-state index contributed by atoms with van der Waals surface area (Å²) < 4.78 is 16.4. The first kappa shape index (κ1) is 30.5. The number of nitriles is 1. The molecule has 6 aromatic rings. The van der Waals surface area contributed by atoms with E-state index in [4.69, 9.17) is 24.2 Å². The standard InChI is InChI=1S/C42H31N5O3/c1-48-28-10-4-25(5-11-28)40-34-18-16-32(44-34)31(24-43)33-17-19-35(45-33)41(26-6-12-29(49-2)13-7-26)37-21-23-39(47-37)42(38-22-20-36(40)46-38)27-8-14-30(50-3)15-9-27/h4-23,44,47H,1-3H3. The third-order valence-electron chi connectivity index (χ3n) is 9.00. The van der Waals surface area contributed by atoms with Gasteiger partial charge in [0.2, 0.25) is 0 Å². The van der Waals surface area contributed by atoms with Crippen molar-refractivity contribution in [1.82, 2.24) is 19.9 Å². The monoisotopic (exact) mass is 653 g/mol. The summed E-state index contributed by atoms with van der Waals surface area (Å²) in [5.41, 5.74) is 12.2. The van der Waals surface area contributed by atoms with Crippen LogP contribution in [0.15, 0.2) is 97.1 Å². The summed E-state index contributed by atoms with van der Waals surface area (Å²) in [5.74, 6) is 2.28. The van der Waals surface area contributed by atoms with Gasteiger partial charge in [0.05, 0.1) is 49.6 Å². The van der Waals surface area contributed by atoms with Gasteiger partial charge in [-0.25, -0.2) is 9.97 Å². The molecule has 8 rings (SSSR count). The Morgan fingerprint density at radius 2 is 0.760 bits per heavy atom. The number of aromatic nitrogens is 4. The van der Waals surface area contributed by atoms with E-state index in [9.17, 15) is 5.26 Å². The number of hydrogen-bond acceptors (Lipinski definition) is 6. The van der Waals surface area contributed by atoms with Crippen molar-refractivity contribution in [2.75, 3.05) is 21.3 Å². The molecule has 8 heteroatoms. The fourth-order valence-electron chi connectivity index (χ4n) is 6.51. The number of rotatable bonds is 6.